The molecule has 11 heavy (non-hydrogen) atoms. The molecule has 0 aromatic heterocycles. The summed E-state index contributed by atoms with van der Waals surface area (Å²) in [6, 6.07) is 0. The summed E-state index contributed by atoms with van der Waals surface area (Å²) in [4.78, 5) is 22.8. The molecule has 0 saturated carbocycles. The largest absolute Gasteiger partial charge is 0.392 e. The number of carbonyl (C=O) groups is 2. The molecule has 0 spiro atoms. The van der Waals surface area contributed by atoms with E-state index in [-0.39, 0.29) is 23.4 Å². The quantitative estimate of drug-likeness (QED) is 0.645. The summed E-state index contributed by atoms with van der Waals surface area (Å²) >= 11 is 0.982. The van der Waals surface area contributed by atoms with Crippen molar-refractivity contribution in [2.24, 2.45) is 0 Å². The van der Waals surface area contributed by atoms with E-state index in [9.17, 15) is 9.59 Å². The third-order valence-electron chi connectivity index (χ3n) is 1.29. The molecule has 0 aromatic rings. The van der Waals surface area contributed by atoms with E-state index >= 15 is 0 Å². The van der Waals surface area contributed by atoms with Crippen LogP contribution in [0.25, 0.3) is 0 Å². The average Bonchev–Trinajstić information content (AvgIpc) is 2.18. The molecule has 1 unspecified atom stereocenters. The topological polar surface area (TPSA) is 57.6 Å². The normalized spacial score (nSPS) is 21.1. The molecule has 2 amide bonds. The van der Waals surface area contributed by atoms with Gasteiger partial charge in [-0.25, -0.2) is 0 Å². The van der Waals surface area contributed by atoms with E-state index in [0.717, 1.165) is 16.7 Å². The lowest BCUT2D eigenvalue weighted by Gasteiger charge is -2.13. The van der Waals surface area contributed by atoms with Crippen LogP contribution in [-0.4, -0.2) is 39.6 Å². The molecule has 0 aromatic carbocycles. The molecule has 0 bridgehead atoms. The van der Waals surface area contributed by atoms with Gasteiger partial charge in [0.15, 0.2) is 0 Å². The van der Waals surface area contributed by atoms with E-state index < -0.39 is 6.10 Å². The smallest absolute Gasteiger partial charge is 0.288 e. The Morgan fingerprint density at radius 3 is 2.73 bits per heavy atom. The lowest BCUT2D eigenvalue weighted by atomic mass is 10.4. The standard InChI is InChI=1S/C6H9NO3S/c1-4(8)2-7-5(9)3-11-6(7)10/h4,8H,2-3H2,1H3. The van der Waals surface area contributed by atoms with Crippen molar-refractivity contribution in [3.8, 4) is 0 Å². The Labute approximate surface area is 68.6 Å². The molecule has 0 aliphatic carbocycles. The molecule has 1 aliphatic heterocycles. The van der Waals surface area contributed by atoms with Crippen LogP contribution in [0.3, 0.4) is 0 Å². The Hall–Kier alpha value is -0.550. The van der Waals surface area contributed by atoms with Gasteiger partial charge in [-0.15, -0.1) is 0 Å². The van der Waals surface area contributed by atoms with E-state index in [1.54, 1.807) is 6.92 Å². The van der Waals surface area contributed by atoms with E-state index in [2.05, 4.69) is 0 Å². The van der Waals surface area contributed by atoms with Crippen LogP contribution in [0.1, 0.15) is 6.92 Å². The second-order valence-electron chi connectivity index (χ2n) is 2.41. The number of imide groups is 1. The molecule has 1 rings (SSSR count). The lowest BCUT2D eigenvalue weighted by molar-refractivity contribution is -0.125. The first kappa shape index (κ1) is 8.55. The van der Waals surface area contributed by atoms with E-state index in [1.807, 2.05) is 0 Å². The van der Waals surface area contributed by atoms with Crippen molar-refractivity contribution in [3.05, 3.63) is 0 Å². The summed E-state index contributed by atoms with van der Waals surface area (Å²) in [5, 5.41) is 8.64. The van der Waals surface area contributed by atoms with Crippen LogP contribution >= 0.6 is 11.8 Å². The van der Waals surface area contributed by atoms with Gasteiger partial charge >= 0.3 is 0 Å². The highest BCUT2D eigenvalue weighted by Gasteiger charge is 2.30. The fourth-order valence-corrected chi connectivity index (χ4v) is 1.56. The summed E-state index contributed by atoms with van der Waals surface area (Å²) < 4.78 is 0. The fraction of sp³-hybridized carbons (Fsp3) is 0.667. The molecule has 1 atom stereocenters. The number of aliphatic hydroxyl groups excluding tert-OH is 1. The predicted molar refractivity (Wildman–Crippen MR) is 41.2 cm³/mol. The van der Waals surface area contributed by atoms with E-state index in [1.165, 1.54) is 0 Å². The van der Waals surface area contributed by atoms with Gasteiger partial charge < -0.3 is 5.11 Å². The molecular weight excluding hydrogens is 166 g/mol. The van der Waals surface area contributed by atoms with Crippen LogP contribution in [-0.2, 0) is 4.79 Å². The number of carbonyl (C=O) groups excluding carboxylic acids is 2. The molecule has 0 radical (unpaired) electrons. The first-order valence-corrected chi connectivity index (χ1v) is 4.25. The van der Waals surface area contributed by atoms with Crippen LogP contribution in [0.2, 0.25) is 0 Å². The molecule has 1 heterocycles. The van der Waals surface area contributed by atoms with Gasteiger partial charge in [0.25, 0.3) is 5.24 Å². The summed E-state index contributed by atoms with van der Waals surface area (Å²) in [7, 11) is 0. The number of thioether (sulfide) groups is 1. The van der Waals surface area contributed by atoms with E-state index in [0.29, 0.717) is 0 Å². The van der Waals surface area contributed by atoms with Crippen molar-refractivity contribution in [1.82, 2.24) is 4.90 Å². The Morgan fingerprint density at radius 2 is 2.36 bits per heavy atom. The van der Waals surface area contributed by atoms with Crippen molar-refractivity contribution < 1.29 is 14.7 Å². The van der Waals surface area contributed by atoms with Crippen molar-refractivity contribution >= 4 is 22.9 Å². The van der Waals surface area contributed by atoms with Gasteiger partial charge in [0, 0.05) is 0 Å². The van der Waals surface area contributed by atoms with Crippen molar-refractivity contribution in [1.29, 1.82) is 0 Å². The highest BCUT2D eigenvalue weighted by molar-refractivity contribution is 8.14. The maximum absolute atomic E-state index is 10.9. The summed E-state index contributed by atoms with van der Waals surface area (Å²) in [6.07, 6.45) is -0.637. The monoisotopic (exact) mass is 175 g/mol. The molecule has 1 fully saturated rings. The van der Waals surface area contributed by atoms with Gasteiger partial charge in [-0.1, -0.05) is 11.8 Å². The minimum atomic E-state index is -0.637. The highest BCUT2D eigenvalue weighted by Crippen LogP contribution is 2.18. The molecular formula is C6H9NO3S. The molecule has 62 valence electrons. The van der Waals surface area contributed by atoms with E-state index in [4.69, 9.17) is 5.11 Å². The van der Waals surface area contributed by atoms with Gasteiger partial charge in [0.2, 0.25) is 5.91 Å². The Morgan fingerprint density at radius 1 is 1.73 bits per heavy atom. The second-order valence-corrected chi connectivity index (χ2v) is 3.33. The first-order chi connectivity index (χ1) is 5.11. The summed E-state index contributed by atoms with van der Waals surface area (Å²) in [5.41, 5.74) is 0. The van der Waals surface area contributed by atoms with Gasteiger partial charge in [0.1, 0.15) is 0 Å². The minimum Gasteiger partial charge on any atom is -0.392 e. The van der Waals surface area contributed by atoms with Crippen molar-refractivity contribution in [3.63, 3.8) is 0 Å². The Kier molecular flexibility index (Phi) is 2.51. The predicted octanol–water partition coefficient (Wildman–Crippen LogP) is 0.0626. The third-order valence-corrected chi connectivity index (χ3v) is 2.15. The van der Waals surface area contributed by atoms with Gasteiger partial charge in [0.05, 0.1) is 18.4 Å². The number of rotatable bonds is 2. The maximum Gasteiger partial charge on any atom is 0.288 e. The first-order valence-electron chi connectivity index (χ1n) is 3.26. The number of β-amino-alcohol motifs (C(OH)–C–C–N with tert-alkyl or cyclic N) is 1. The minimum absolute atomic E-state index is 0.116. The molecule has 5 heteroatoms. The SMILES string of the molecule is CC(O)CN1C(=O)CSC1=O. The number of hydrogen-bond donors (Lipinski definition) is 1. The molecule has 1 N–H and O–H groups in total. The maximum atomic E-state index is 10.9. The van der Waals surface area contributed by atoms with Crippen molar-refractivity contribution in [2.75, 3.05) is 12.3 Å². The third kappa shape index (κ3) is 1.94. The van der Waals surface area contributed by atoms with Crippen LogP contribution < -0.4 is 0 Å². The number of hydrogen-bond acceptors (Lipinski definition) is 4. The summed E-state index contributed by atoms with van der Waals surface area (Å²) in [6.45, 7) is 1.66. The average molecular weight is 175 g/mol. The zero-order chi connectivity index (χ0) is 8.43. The lowest BCUT2D eigenvalue weighted by Crippen LogP contribution is -2.34. The number of nitrogens with zero attached hydrogens (tertiary/aromatic N) is 1. The number of aliphatic hydroxyl groups is 1. The van der Waals surface area contributed by atoms with Gasteiger partial charge in [-0.05, 0) is 6.92 Å². The van der Waals surface area contributed by atoms with Gasteiger partial charge in [-0.2, -0.15) is 0 Å². The summed E-state index contributed by atoms with van der Waals surface area (Å²) in [5.74, 6) is 0.00634. The highest BCUT2D eigenvalue weighted by atomic mass is 32.2. The van der Waals surface area contributed by atoms with Crippen LogP contribution in [0, 0.1) is 0 Å². The molecule has 1 saturated heterocycles. The number of amides is 2. The second kappa shape index (κ2) is 3.23. The Balaban J connectivity index is 2.55. The zero-order valence-corrected chi connectivity index (χ0v) is 6.93. The van der Waals surface area contributed by atoms with Crippen LogP contribution in [0.4, 0.5) is 4.79 Å². The zero-order valence-electron chi connectivity index (χ0n) is 6.11. The van der Waals surface area contributed by atoms with Gasteiger partial charge in [-0.3, -0.25) is 14.5 Å². The fourth-order valence-electron chi connectivity index (χ4n) is 0.822. The van der Waals surface area contributed by atoms with Crippen molar-refractivity contribution in [2.45, 2.75) is 13.0 Å². The Bertz CT molecular complexity index is 176. The molecule has 4 nitrogen and oxygen atoms in total. The van der Waals surface area contributed by atoms with Crippen LogP contribution in [0.15, 0.2) is 0 Å². The van der Waals surface area contributed by atoms with Crippen LogP contribution in [0.5, 0.6) is 0 Å². The molecule has 1 aliphatic rings.